The maximum Gasteiger partial charge on any atom is 0.409 e. The zero-order chi connectivity index (χ0) is 23.5. The molecule has 3 aromatic rings. The predicted octanol–water partition coefficient (Wildman–Crippen LogP) is 6.35. The second kappa shape index (κ2) is 8.91. The molecule has 2 N–H and O–H groups in total. The van der Waals surface area contributed by atoms with Crippen molar-refractivity contribution < 1.29 is 14.3 Å². The zero-order valence-corrected chi connectivity index (χ0v) is 19.5. The van der Waals surface area contributed by atoms with Crippen molar-refractivity contribution in [3.63, 3.8) is 0 Å². The molecule has 0 bridgehead atoms. The molecule has 0 unspecified atom stereocenters. The van der Waals surface area contributed by atoms with Crippen LogP contribution < -0.4 is 20.1 Å². The molecule has 0 saturated heterocycles. The maximum atomic E-state index is 12.6. The van der Waals surface area contributed by atoms with E-state index in [-0.39, 0.29) is 22.4 Å². The predicted molar refractivity (Wildman–Crippen MR) is 128 cm³/mol. The number of carbonyl (C=O) groups excluding carboxylic acids is 1. The number of pyridine rings is 1. The van der Waals surface area contributed by atoms with Crippen LogP contribution in [0, 0.1) is 5.21 Å². The molecule has 32 heavy (non-hydrogen) atoms. The van der Waals surface area contributed by atoms with E-state index in [1.54, 1.807) is 12.1 Å². The van der Waals surface area contributed by atoms with Crippen molar-refractivity contribution in [3.8, 4) is 11.6 Å². The van der Waals surface area contributed by atoms with Crippen molar-refractivity contribution in [3.05, 3.63) is 83.2 Å². The Hall–Kier alpha value is -3.54. The van der Waals surface area contributed by atoms with Crippen molar-refractivity contribution in [2.45, 2.75) is 52.4 Å². The van der Waals surface area contributed by atoms with E-state index in [9.17, 15) is 10.0 Å². The molecule has 0 radical (unpaired) electrons. The molecule has 3 rings (SSSR count). The van der Waals surface area contributed by atoms with E-state index in [4.69, 9.17) is 4.74 Å². The molecule has 168 valence electrons. The van der Waals surface area contributed by atoms with Crippen LogP contribution in [0.3, 0.4) is 0 Å². The fraction of sp³-hybridized carbons (Fsp3) is 0.308. The van der Waals surface area contributed by atoms with Gasteiger partial charge in [0.05, 0.1) is 0 Å². The number of urea groups is 1. The SMILES string of the molecule is CC(C)(C)c1ccc(NC(=O)Nc2ccc[n+]([O-])c2Oc2ccccc2C(C)(C)C)cc1. The highest BCUT2D eigenvalue weighted by Crippen LogP contribution is 2.35. The normalized spacial score (nSPS) is 11.7. The Kier molecular flexibility index (Phi) is 6.44. The Bertz CT molecular complexity index is 1090. The molecule has 0 atom stereocenters. The van der Waals surface area contributed by atoms with Gasteiger partial charge in [-0.1, -0.05) is 71.9 Å². The molecule has 0 aliphatic carbocycles. The summed E-state index contributed by atoms with van der Waals surface area (Å²) in [4.78, 5) is 12.6. The van der Waals surface area contributed by atoms with Crippen LogP contribution in [0.25, 0.3) is 0 Å². The number of carbonyl (C=O) groups is 1. The second-order valence-corrected chi connectivity index (χ2v) is 9.81. The van der Waals surface area contributed by atoms with Gasteiger partial charge in [0.1, 0.15) is 5.75 Å². The highest BCUT2D eigenvalue weighted by molar-refractivity contribution is 6.00. The number of ether oxygens (including phenoxy) is 1. The largest absolute Gasteiger partial charge is 0.616 e. The third-order valence-corrected chi connectivity index (χ3v) is 5.07. The summed E-state index contributed by atoms with van der Waals surface area (Å²) in [6.07, 6.45) is 1.34. The van der Waals surface area contributed by atoms with Gasteiger partial charge >= 0.3 is 11.9 Å². The summed E-state index contributed by atoms with van der Waals surface area (Å²) < 4.78 is 6.61. The van der Waals surface area contributed by atoms with Gasteiger partial charge in [0, 0.05) is 17.3 Å². The van der Waals surface area contributed by atoms with E-state index in [2.05, 4.69) is 52.2 Å². The number of para-hydroxylation sites is 1. The first-order valence-corrected chi connectivity index (χ1v) is 10.6. The Morgan fingerprint density at radius 1 is 0.844 bits per heavy atom. The Labute approximate surface area is 189 Å². The van der Waals surface area contributed by atoms with Crippen LogP contribution >= 0.6 is 0 Å². The molecule has 2 aromatic carbocycles. The first-order valence-electron chi connectivity index (χ1n) is 10.6. The standard InChI is InChI=1S/C26H31N3O3/c1-25(2,3)18-13-15-19(16-14-18)27-24(30)28-21-11-9-17-29(31)23(21)32-22-12-8-7-10-20(22)26(4,5)6/h7-17H,1-6H3,(H2,27,28,30). The van der Waals surface area contributed by atoms with Gasteiger partial charge in [-0.05, 0) is 40.7 Å². The van der Waals surface area contributed by atoms with Gasteiger partial charge in [0.15, 0.2) is 11.9 Å². The Balaban J connectivity index is 1.81. The third-order valence-electron chi connectivity index (χ3n) is 5.07. The Morgan fingerprint density at radius 3 is 2.12 bits per heavy atom. The summed E-state index contributed by atoms with van der Waals surface area (Å²) in [6.45, 7) is 12.6. The number of hydrogen-bond donors (Lipinski definition) is 2. The summed E-state index contributed by atoms with van der Waals surface area (Å²) in [7, 11) is 0. The number of amides is 2. The minimum atomic E-state index is -0.464. The van der Waals surface area contributed by atoms with Gasteiger partial charge in [0.25, 0.3) is 0 Å². The number of nitrogens with one attached hydrogen (secondary N) is 2. The van der Waals surface area contributed by atoms with Gasteiger partial charge in [-0.15, -0.1) is 4.73 Å². The van der Waals surface area contributed by atoms with Crippen LogP contribution in [0.2, 0.25) is 0 Å². The van der Waals surface area contributed by atoms with E-state index in [0.717, 1.165) is 5.56 Å². The number of aromatic nitrogens is 1. The molecular weight excluding hydrogens is 402 g/mol. The molecule has 0 fully saturated rings. The smallest absolute Gasteiger partial charge is 0.409 e. The molecule has 2 amide bonds. The van der Waals surface area contributed by atoms with Crippen LogP contribution in [0.4, 0.5) is 16.2 Å². The molecule has 6 heteroatoms. The summed E-state index contributed by atoms with van der Waals surface area (Å²) in [5, 5.41) is 18.0. The number of benzene rings is 2. The minimum Gasteiger partial charge on any atom is -0.616 e. The molecule has 0 saturated carbocycles. The number of hydrogen-bond acceptors (Lipinski definition) is 3. The average molecular weight is 434 g/mol. The van der Waals surface area contributed by atoms with Crippen LogP contribution in [0.1, 0.15) is 52.7 Å². The summed E-state index contributed by atoms with van der Waals surface area (Å²) in [5.41, 5.74) is 2.91. The van der Waals surface area contributed by atoms with E-state index in [1.165, 1.54) is 11.8 Å². The first-order chi connectivity index (χ1) is 14.9. The lowest BCUT2D eigenvalue weighted by molar-refractivity contribution is -0.610. The van der Waals surface area contributed by atoms with Crippen molar-refractivity contribution >= 4 is 17.4 Å². The fourth-order valence-corrected chi connectivity index (χ4v) is 3.29. The average Bonchev–Trinajstić information content (AvgIpc) is 2.70. The van der Waals surface area contributed by atoms with Gasteiger partial charge in [0.2, 0.25) is 0 Å². The van der Waals surface area contributed by atoms with E-state index >= 15 is 0 Å². The van der Waals surface area contributed by atoms with E-state index in [0.29, 0.717) is 16.2 Å². The van der Waals surface area contributed by atoms with E-state index in [1.807, 2.05) is 48.5 Å². The minimum absolute atomic E-state index is 0.00225. The van der Waals surface area contributed by atoms with Crippen LogP contribution in [-0.2, 0) is 10.8 Å². The summed E-state index contributed by atoms with van der Waals surface area (Å²) in [6, 6.07) is 18.0. The van der Waals surface area contributed by atoms with Crippen LogP contribution in [0.15, 0.2) is 66.9 Å². The van der Waals surface area contributed by atoms with Crippen LogP contribution in [-0.4, -0.2) is 6.03 Å². The molecule has 1 aromatic heterocycles. The fourth-order valence-electron chi connectivity index (χ4n) is 3.29. The highest BCUT2D eigenvalue weighted by atomic mass is 16.6. The quantitative estimate of drug-likeness (QED) is 0.372. The molecule has 6 nitrogen and oxygen atoms in total. The third kappa shape index (κ3) is 5.58. The zero-order valence-electron chi connectivity index (χ0n) is 19.5. The lowest BCUT2D eigenvalue weighted by Crippen LogP contribution is -2.30. The second-order valence-electron chi connectivity index (χ2n) is 9.81. The molecule has 0 spiro atoms. The summed E-state index contributed by atoms with van der Waals surface area (Å²) >= 11 is 0. The van der Waals surface area contributed by atoms with Crippen molar-refractivity contribution in [2.24, 2.45) is 0 Å². The molecule has 1 heterocycles. The van der Waals surface area contributed by atoms with E-state index < -0.39 is 6.03 Å². The lowest BCUT2D eigenvalue weighted by atomic mass is 9.86. The highest BCUT2D eigenvalue weighted by Gasteiger charge is 2.23. The van der Waals surface area contributed by atoms with Gasteiger partial charge in [-0.25, -0.2) is 4.79 Å². The number of rotatable bonds is 4. The Morgan fingerprint density at radius 2 is 1.50 bits per heavy atom. The van der Waals surface area contributed by atoms with Crippen molar-refractivity contribution in [2.75, 3.05) is 10.6 Å². The maximum absolute atomic E-state index is 12.6. The lowest BCUT2D eigenvalue weighted by Gasteiger charge is -2.22. The topological polar surface area (TPSA) is 77.3 Å². The van der Waals surface area contributed by atoms with Crippen LogP contribution in [0.5, 0.6) is 11.6 Å². The number of anilines is 2. The van der Waals surface area contributed by atoms with Gasteiger partial charge in [-0.2, -0.15) is 0 Å². The van der Waals surface area contributed by atoms with Gasteiger partial charge in [-0.3, -0.25) is 5.32 Å². The van der Waals surface area contributed by atoms with Crippen molar-refractivity contribution in [1.82, 2.24) is 0 Å². The monoisotopic (exact) mass is 433 g/mol. The van der Waals surface area contributed by atoms with Crippen molar-refractivity contribution in [1.29, 1.82) is 0 Å². The molecule has 0 aliphatic rings. The first kappa shape index (κ1) is 23.1. The molecular formula is C26H31N3O3. The summed E-state index contributed by atoms with van der Waals surface area (Å²) in [5.74, 6) is 0.569. The molecule has 0 aliphatic heterocycles. The van der Waals surface area contributed by atoms with Gasteiger partial charge < -0.3 is 15.3 Å². The number of nitrogens with zero attached hydrogens (tertiary/aromatic N) is 1.